The van der Waals surface area contributed by atoms with Crippen LogP contribution in [0.2, 0.25) is 0 Å². The van der Waals surface area contributed by atoms with Gasteiger partial charge in [-0.25, -0.2) is 4.98 Å². The average molecular weight is 347 g/mol. The van der Waals surface area contributed by atoms with Crippen LogP contribution in [0.5, 0.6) is 0 Å². The van der Waals surface area contributed by atoms with E-state index in [0.717, 1.165) is 6.20 Å². The summed E-state index contributed by atoms with van der Waals surface area (Å²) < 4.78 is 5.29. The Balaban J connectivity index is 2.38. The Morgan fingerprint density at radius 1 is 1.55 bits per heavy atom. The zero-order valence-corrected chi connectivity index (χ0v) is 12.5. The minimum absolute atomic E-state index is 0.0975. The van der Waals surface area contributed by atoms with Crippen molar-refractivity contribution in [1.29, 1.82) is 0 Å². The van der Waals surface area contributed by atoms with Gasteiger partial charge in [0.25, 0.3) is 5.69 Å². The molecular formula is C11H15BrN4O4. The van der Waals surface area contributed by atoms with Crippen LogP contribution in [0.4, 0.5) is 11.5 Å². The van der Waals surface area contributed by atoms with E-state index in [-0.39, 0.29) is 18.0 Å². The summed E-state index contributed by atoms with van der Waals surface area (Å²) in [6, 6.07) is 1.36. The summed E-state index contributed by atoms with van der Waals surface area (Å²) in [6.07, 6.45) is 1.43. The van der Waals surface area contributed by atoms with Crippen molar-refractivity contribution in [3.63, 3.8) is 0 Å². The molecule has 2 N–H and O–H groups in total. The van der Waals surface area contributed by atoms with Gasteiger partial charge in [-0.2, -0.15) is 0 Å². The molecule has 0 atom stereocenters. The van der Waals surface area contributed by atoms with Crippen molar-refractivity contribution in [1.82, 2.24) is 10.3 Å². The topological polar surface area (TPSA) is 106 Å². The van der Waals surface area contributed by atoms with Crippen LogP contribution in [-0.4, -0.2) is 42.6 Å². The third kappa shape index (κ3) is 5.49. The van der Waals surface area contributed by atoms with Crippen molar-refractivity contribution in [3.05, 3.63) is 26.9 Å². The van der Waals surface area contributed by atoms with E-state index >= 15 is 0 Å². The third-order valence-corrected chi connectivity index (χ3v) is 2.91. The van der Waals surface area contributed by atoms with Crippen LogP contribution in [0.25, 0.3) is 0 Å². The molecule has 9 heteroatoms. The predicted octanol–water partition coefficient (Wildman–Crippen LogP) is 1.32. The molecule has 0 aliphatic carbocycles. The summed E-state index contributed by atoms with van der Waals surface area (Å²) in [4.78, 5) is 25.4. The molecule has 0 spiro atoms. The highest BCUT2D eigenvalue weighted by atomic mass is 79.9. The van der Waals surface area contributed by atoms with E-state index in [9.17, 15) is 14.9 Å². The number of anilines is 1. The van der Waals surface area contributed by atoms with E-state index in [1.807, 2.05) is 0 Å². The molecule has 0 fully saturated rings. The summed E-state index contributed by atoms with van der Waals surface area (Å²) in [5.74, 6) is 0.355. The zero-order chi connectivity index (χ0) is 15.0. The molecule has 0 saturated carbocycles. The first-order valence-electron chi connectivity index (χ1n) is 5.84. The lowest BCUT2D eigenvalue weighted by Crippen LogP contribution is -2.28. The van der Waals surface area contributed by atoms with Crippen molar-refractivity contribution in [2.45, 2.75) is 6.42 Å². The number of hydrogen-bond donors (Lipinski definition) is 2. The Morgan fingerprint density at radius 3 is 2.90 bits per heavy atom. The summed E-state index contributed by atoms with van der Waals surface area (Å²) in [5.41, 5.74) is -0.0975. The number of amides is 1. The van der Waals surface area contributed by atoms with Gasteiger partial charge in [0, 0.05) is 32.7 Å². The number of rotatable bonds is 8. The standard InChI is InChI=1S/C11H15BrN4O4/c1-20-5-4-13-10(17)2-3-14-11-9(12)6-8(7-15-11)16(18)19/h6-7H,2-5H2,1H3,(H,13,17)(H,14,15). The lowest BCUT2D eigenvalue weighted by atomic mass is 10.3. The number of halogens is 1. The van der Waals surface area contributed by atoms with Crippen LogP contribution in [-0.2, 0) is 9.53 Å². The molecule has 1 heterocycles. The first kappa shape index (κ1) is 16.3. The van der Waals surface area contributed by atoms with Crippen LogP contribution in [0, 0.1) is 10.1 Å². The fraction of sp³-hybridized carbons (Fsp3) is 0.455. The lowest BCUT2D eigenvalue weighted by molar-refractivity contribution is -0.385. The highest BCUT2D eigenvalue weighted by molar-refractivity contribution is 9.10. The molecule has 1 aromatic rings. The first-order valence-corrected chi connectivity index (χ1v) is 6.63. The smallest absolute Gasteiger partial charge is 0.288 e. The average Bonchev–Trinajstić information content (AvgIpc) is 2.40. The molecule has 1 amide bonds. The van der Waals surface area contributed by atoms with Gasteiger partial charge in [-0.05, 0) is 15.9 Å². The number of aromatic nitrogens is 1. The molecule has 0 radical (unpaired) electrons. The summed E-state index contributed by atoms with van der Waals surface area (Å²) in [6.45, 7) is 1.31. The molecule has 8 nitrogen and oxygen atoms in total. The number of carbonyl (C=O) groups is 1. The molecule has 110 valence electrons. The van der Waals surface area contributed by atoms with Crippen molar-refractivity contribution < 1.29 is 14.5 Å². The van der Waals surface area contributed by atoms with E-state index in [0.29, 0.717) is 30.0 Å². The van der Waals surface area contributed by atoms with Crippen molar-refractivity contribution >= 4 is 33.3 Å². The van der Waals surface area contributed by atoms with Crippen LogP contribution < -0.4 is 10.6 Å². The SMILES string of the molecule is COCCNC(=O)CCNc1ncc([N+](=O)[O-])cc1Br. The van der Waals surface area contributed by atoms with Crippen LogP contribution in [0.15, 0.2) is 16.7 Å². The summed E-state index contributed by atoms with van der Waals surface area (Å²) >= 11 is 3.19. The molecule has 1 aromatic heterocycles. The quantitative estimate of drug-likeness (QED) is 0.417. The Labute approximate surface area is 124 Å². The Bertz CT molecular complexity index is 483. The van der Waals surface area contributed by atoms with Gasteiger partial charge in [0.2, 0.25) is 5.91 Å². The van der Waals surface area contributed by atoms with Crippen molar-refractivity contribution in [2.24, 2.45) is 0 Å². The van der Waals surface area contributed by atoms with Gasteiger partial charge >= 0.3 is 0 Å². The van der Waals surface area contributed by atoms with Crippen LogP contribution in [0.1, 0.15) is 6.42 Å². The number of ether oxygens (including phenoxy) is 1. The van der Waals surface area contributed by atoms with Gasteiger partial charge in [0.1, 0.15) is 12.0 Å². The van der Waals surface area contributed by atoms with Gasteiger partial charge in [0.05, 0.1) is 16.0 Å². The van der Waals surface area contributed by atoms with Crippen molar-refractivity contribution in [2.75, 3.05) is 32.1 Å². The molecule has 0 saturated heterocycles. The number of pyridine rings is 1. The number of hydrogen-bond acceptors (Lipinski definition) is 6. The number of methoxy groups -OCH3 is 1. The molecule has 0 aromatic carbocycles. The molecule has 0 unspecified atom stereocenters. The Hall–Kier alpha value is -1.74. The fourth-order valence-corrected chi connectivity index (χ4v) is 1.81. The van der Waals surface area contributed by atoms with Gasteiger partial charge in [-0.15, -0.1) is 0 Å². The molecular weight excluding hydrogens is 332 g/mol. The normalized spacial score (nSPS) is 10.1. The molecule has 20 heavy (non-hydrogen) atoms. The van der Waals surface area contributed by atoms with E-state index in [2.05, 4.69) is 31.5 Å². The Morgan fingerprint density at radius 2 is 2.30 bits per heavy atom. The number of nitro groups is 1. The van der Waals surface area contributed by atoms with Crippen LogP contribution >= 0.6 is 15.9 Å². The summed E-state index contributed by atoms with van der Waals surface area (Å²) in [7, 11) is 1.56. The second-order valence-corrected chi connectivity index (χ2v) is 4.65. The van der Waals surface area contributed by atoms with Gasteiger partial charge < -0.3 is 15.4 Å². The van der Waals surface area contributed by atoms with E-state index in [1.54, 1.807) is 7.11 Å². The maximum absolute atomic E-state index is 11.4. The zero-order valence-electron chi connectivity index (χ0n) is 10.9. The highest BCUT2D eigenvalue weighted by Crippen LogP contribution is 2.24. The maximum Gasteiger partial charge on any atom is 0.288 e. The van der Waals surface area contributed by atoms with E-state index in [4.69, 9.17) is 4.74 Å². The number of nitrogens with zero attached hydrogens (tertiary/aromatic N) is 2. The second-order valence-electron chi connectivity index (χ2n) is 3.80. The van der Waals surface area contributed by atoms with Crippen LogP contribution in [0.3, 0.4) is 0 Å². The molecule has 1 rings (SSSR count). The van der Waals surface area contributed by atoms with Gasteiger partial charge in [0.15, 0.2) is 0 Å². The van der Waals surface area contributed by atoms with Crippen molar-refractivity contribution in [3.8, 4) is 0 Å². The maximum atomic E-state index is 11.4. The molecule has 0 bridgehead atoms. The van der Waals surface area contributed by atoms with E-state index < -0.39 is 4.92 Å². The first-order chi connectivity index (χ1) is 9.54. The molecule has 0 aliphatic rings. The highest BCUT2D eigenvalue weighted by Gasteiger charge is 2.10. The Kier molecular flexibility index (Phi) is 6.88. The summed E-state index contributed by atoms with van der Waals surface area (Å²) in [5, 5.41) is 16.2. The minimum Gasteiger partial charge on any atom is -0.383 e. The van der Waals surface area contributed by atoms with Gasteiger partial charge in [-0.1, -0.05) is 0 Å². The fourth-order valence-electron chi connectivity index (χ4n) is 1.33. The van der Waals surface area contributed by atoms with E-state index in [1.165, 1.54) is 6.07 Å². The minimum atomic E-state index is -0.523. The molecule has 0 aliphatic heterocycles. The monoisotopic (exact) mass is 346 g/mol. The largest absolute Gasteiger partial charge is 0.383 e. The second kappa shape index (κ2) is 8.43. The number of nitrogens with one attached hydrogen (secondary N) is 2. The number of carbonyl (C=O) groups excluding carboxylic acids is 1. The third-order valence-electron chi connectivity index (χ3n) is 2.31. The van der Waals surface area contributed by atoms with Gasteiger partial charge in [-0.3, -0.25) is 14.9 Å². The predicted molar refractivity (Wildman–Crippen MR) is 76.6 cm³/mol. The lowest BCUT2D eigenvalue weighted by Gasteiger charge is -2.07.